The number of fused-ring (bicyclic) bond motifs is 5. The number of piperidine rings is 2. The minimum Gasteiger partial charge on any atom is -0.378 e. The van der Waals surface area contributed by atoms with Crippen molar-refractivity contribution in [3.8, 4) is 0 Å². The van der Waals surface area contributed by atoms with E-state index in [1.54, 1.807) is 4.90 Å². The number of nitrogens with one attached hydrogen (secondary N) is 3. The number of carbonyl (C=O) groups excluding carboxylic acids is 2. The van der Waals surface area contributed by atoms with E-state index >= 15 is 8.78 Å². The van der Waals surface area contributed by atoms with Crippen LogP contribution in [0.1, 0.15) is 72.6 Å². The van der Waals surface area contributed by atoms with Crippen molar-refractivity contribution in [3.05, 3.63) is 12.2 Å². The molecule has 13 atom stereocenters. The Morgan fingerprint density at radius 3 is 2.61 bits per heavy atom. The number of piperazine rings is 1. The maximum absolute atomic E-state index is 16.6. The number of alkyl halides is 3. The number of ether oxygens (including phenoxy) is 1. The van der Waals surface area contributed by atoms with E-state index in [0.29, 0.717) is 26.1 Å². The number of halogens is 3. The molecule has 11 unspecified atom stereocenters. The number of allylic oxidation sites excluding steroid dienone is 1. The highest BCUT2D eigenvalue weighted by atomic mass is 19.1. The summed E-state index contributed by atoms with van der Waals surface area (Å²) in [7, 11) is 0. The van der Waals surface area contributed by atoms with Gasteiger partial charge in [-0.05, 0) is 83.2 Å². The minimum absolute atomic E-state index is 0.0659. The van der Waals surface area contributed by atoms with Crippen LogP contribution in [0.25, 0.3) is 0 Å². The summed E-state index contributed by atoms with van der Waals surface area (Å²) in [4.78, 5) is 33.3. The van der Waals surface area contributed by atoms with Gasteiger partial charge < -0.3 is 25.2 Å². The van der Waals surface area contributed by atoms with E-state index in [-0.39, 0.29) is 66.4 Å². The monoisotopic (exact) mass is 652 g/mol. The number of rotatable bonds is 4. The molecule has 5 heterocycles. The molecule has 46 heavy (non-hydrogen) atoms. The molecule has 0 radical (unpaired) electrons. The zero-order valence-electron chi connectivity index (χ0n) is 27.9. The Labute approximate surface area is 272 Å². The quantitative estimate of drug-likeness (QED) is 0.402. The molecule has 1 aliphatic carbocycles. The minimum atomic E-state index is -1.31. The fraction of sp³-hybridized carbons (Fsp3) is 0.882. The first kappa shape index (κ1) is 34.0. The molecular weight excluding hydrogens is 597 g/mol. The van der Waals surface area contributed by atoms with Gasteiger partial charge in [-0.3, -0.25) is 15.0 Å². The largest absolute Gasteiger partial charge is 0.378 e. The van der Waals surface area contributed by atoms with Gasteiger partial charge in [0.2, 0.25) is 5.91 Å². The number of hydrogen-bond acceptors (Lipinski definition) is 6. The van der Waals surface area contributed by atoms with Gasteiger partial charge in [0.15, 0.2) is 0 Å². The van der Waals surface area contributed by atoms with Crippen molar-refractivity contribution < 1.29 is 27.5 Å². The van der Waals surface area contributed by atoms with Gasteiger partial charge in [0, 0.05) is 61.8 Å². The van der Waals surface area contributed by atoms with Crippen molar-refractivity contribution in [1.82, 2.24) is 30.7 Å². The molecule has 5 saturated heterocycles. The normalized spacial score (nSPS) is 44.2. The maximum Gasteiger partial charge on any atom is 0.320 e. The lowest BCUT2D eigenvalue weighted by Crippen LogP contribution is -2.80. The van der Waals surface area contributed by atoms with E-state index in [1.807, 2.05) is 18.7 Å². The van der Waals surface area contributed by atoms with Crippen LogP contribution in [0.3, 0.4) is 0 Å². The Morgan fingerprint density at radius 1 is 1.04 bits per heavy atom. The van der Waals surface area contributed by atoms with Crippen LogP contribution in [-0.4, -0.2) is 121 Å². The van der Waals surface area contributed by atoms with Crippen LogP contribution in [0, 0.1) is 23.7 Å². The lowest BCUT2D eigenvalue weighted by Gasteiger charge is -2.60. The van der Waals surface area contributed by atoms with Gasteiger partial charge in [-0.25, -0.2) is 18.0 Å². The van der Waals surface area contributed by atoms with E-state index in [2.05, 4.69) is 34.7 Å². The number of urea groups is 1. The molecule has 1 saturated carbocycles. The van der Waals surface area contributed by atoms with Crippen LogP contribution >= 0.6 is 0 Å². The van der Waals surface area contributed by atoms with Crippen LogP contribution in [0.15, 0.2) is 12.2 Å². The molecule has 9 nitrogen and oxygen atoms in total. The molecule has 6 aliphatic rings. The number of nitrogens with zero attached hydrogens (tertiary/aromatic N) is 3. The van der Waals surface area contributed by atoms with Crippen molar-refractivity contribution in [3.63, 3.8) is 0 Å². The highest BCUT2D eigenvalue weighted by molar-refractivity contribution is 5.88. The first-order valence-electron chi connectivity index (χ1n) is 17.9. The van der Waals surface area contributed by atoms with Gasteiger partial charge in [0.25, 0.3) is 0 Å². The molecule has 260 valence electrons. The fourth-order valence-electron chi connectivity index (χ4n) is 9.80. The molecule has 5 aliphatic heterocycles. The van der Waals surface area contributed by atoms with Gasteiger partial charge >= 0.3 is 6.03 Å². The second kappa shape index (κ2) is 14.3. The van der Waals surface area contributed by atoms with Crippen LogP contribution in [0.2, 0.25) is 0 Å². The average Bonchev–Trinajstić information content (AvgIpc) is 3.02. The topological polar surface area (TPSA) is 89.2 Å². The Hall–Kier alpha value is -1.89. The number of amides is 3. The molecule has 0 aromatic heterocycles. The average molecular weight is 653 g/mol. The predicted octanol–water partition coefficient (Wildman–Crippen LogP) is 3.75. The third kappa shape index (κ3) is 6.44. The third-order valence-corrected chi connectivity index (χ3v) is 12.0. The van der Waals surface area contributed by atoms with E-state index < -0.39 is 43.3 Å². The van der Waals surface area contributed by atoms with Gasteiger partial charge in [-0.15, -0.1) is 0 Å². The molecule has 3 N–H and O–H groups in total. The molecular formula is C34H55F3N6O3. The predicted molar refractivity (Wildman–Crippen MR) is 170 cm³/mol. The summed E-state index contributed by atoms with van der Waals surface area (Å²) in [5, 5.41) is 10.7. The number of carbonyl (C=O) groups is 2. The molecule has 12 heteroatoms. The number of hydrogen-bond donors (Lipinski definition) is 3. The van der Waals surface area contributed by atoms with Crippen molar-refractivity contribution >= 4 is 11.9 Å². The van der Waals surface area contributed by atoms with Crippen molar-refractivity contribution in [2.24, 2.45) is 23.7 Å². The Balaban J connectivity index is 1.36. The third-order valence-electron chi connectivity index (χ3n) is 12.0. The van der Waals surface area contributed by atoms with Crippen LogP contribution < -0.4 is 16.0 Å². The molecule has 0 spiro atoms. The van der Waals surface area contributed by atoms with E-state index in [4.69, 9.17) is 4.74 Å². The van der Waals surface area contributed by atoms with Crippen LogP contribution in [0.5, 0.6) is 0 Å². The molecule has 3 amide bonds. The molecule has 0 aromatic carbocycles. The molecule has 6 rings (SSSR count). The molecule has 6 fully saturated rings. The van der Waals surface area contributed by atoms with E-state index in [0.717, 1.165) is 38.6 Å². The second-order valence-corrected chi connectivity index (χ2v) is 15.1. The second-order valence-electron chi connectivity index (χ2n) is 15.1. The summed E-state index contributed by atoms with van der Waals surface area (Å²) >= 11 is 0. The zero-order chi connectivity index (χ0) is 32.7. The van der Waals surface area contributed by atoms with Crippen molar-refractivity contribution in [1.29, 1.82) is 0 Å². The van der Waals surface area contributed by atoms with Gasteiger partial charge in [-0.2, -0.15) is 0 Å². The van der Waals surface area contributed by atoms with E-state index in [1.165, 1.54) is 12.2 Å². The summed E-state index contributed by atoms with van der Waals surface area (Å²) in [6.45, 7) is 9.94. The lowest BCUT2D eigenvalue weighted by atomic mass is 9.72. The Morgan fingerprint density at radius 2 is 1.85 bits per heavy atom. The van der Waals surface area contributed by atoms with E-state index in [9.17, 15) is 14.0 Å². The van der Waals surface area contributed by atoms with Gasteiger partial charge in [-0.1, -0.05) is 13.8 Å². The standard InChI is InChI=1S/C34H55F3N6O3/c1-19(2)29-31-22(12-14-38-29)8-7-15-46-26-10-5-9-24(36)28(26)30-25(37)16-23-32(40-34(45)43(31)33(23)39-30)42-18-20(3)41(17-21(42)4)27(44)11-6-13-35/h6,11,19-26,28-33,38-39H,5,7-10,12-18H2,1-4H3,(H,40,45)/b11-6+/t20-,21+,22?,23?,24?,25?,26?,28?,29?,30?,31?,32?,33?/m1/s1. The lowest BCUT2D eigenvalue weighted by molar-refractivity contribution is -0.139. The summed E-state index contributed by atoms with van der Waals surface area (Å²) in [5.41, 5.74) is 0. The first-order chi connectivity index (χ1) is 22.1. The van der Waals surface area contributed by atoms with Gasteiger partial charge in [0.05, 0.1) is 24.5 Å². The van der Waals surface area contributed by atoms with Crippen molar-refractivity contribution in [2.75, 3.05) is 32.9 Å². The van der Waals surface area contributed by atoms with Crippen molar-refractivity contribution in [2.45, 2.75) is 134 Å². The highest BCUT2D eigenvalue weighted by Gasteiger charge is 2.57. The Kier molecular flexibility index (Phi) is 10.6. The fourth-order valence-corrected chi connectivity index (χ4v) is 9.80. The van der Waals surface area contributed by atoms with Crippen LogP contribution in [-0.2, 0) is 9.53 Å². The smallest absolute Gasteiger partial charge is 0.320 e. The summed E-state index contributed by atoms with van der Waals surface area (Å²) in [5.74, 6) is -0.621. The van der Waals surface area contributed by atoms with Gasteiger partial charge in [0.1, 0.15) is 19.0 Å². The maximum atomic E-state index is 16.6. The molecule has 2 bridgehead atoms. The SMILES string of the molecule is CC(C)C1NCCC2CCCOC3CCCC(F)C3C3NC4C(CC3F)C(N3C[C@@H](C)N(C(=O)/C=C/CF)C[C@@H]3C)NC(=O)N4C21. The first-order valence-corrected chi connectivity index (χ1v) is 17.9. The Bertz CT molecular complexity index is 1120. The van der Waals surface area contributed by atoms with Crippen LogP contribution in [0.4, 0.5) is 18.0 Å². The summed E-state index contributed by atoms with van der Waals surface area (Å²) < 4.78 is 51.5. The summed E-state index contributed by atoms with van der Waals surface area (Å²) in [6.07, 6.45) is 3.47. The molecule has 0 aromatic rings. The highest BCUT2D eigenvalue weighted by Crippen LogP contribution is 2.43. The zero-order valence-corrected chi connectivity index (χ0v) is 27.9. The summed E-state index contributed by atoms with van der Waals surface area (Å²) in [6, 6.07) is -1.28.